The summed E-state index contributed by atoms with van der Waals surface area (Å²) in [5, 5.41) is 6.66. The molecule has 0 aliphatic carbocycles. The highest BCUT2D eigenvalue weighted by molar-refractivity contribution is 6.09. The van der Waals surface area contributed by atoms with Gasteiger partial charge in [0, 0.05) is 16.8 Å². The maximum Gasteiger partial charge on any atom is 0.433 e. The molecule has 3 aromatic carbocycles. The lowest BCUT2D eigenvalue weighted by Gasteiger charge is -2.14. The molecule has 1 amide bonds. The Morgan fingerprint density at radius 1 is 0.868 bits per heavy atom. The van der Waals surface area contributed by atoms with Gasteiger partial charge >= 0.3 is 6.18 Å². The molecule has 1 N–H and O–H groups in total. The quantitative estimate of drug-likeness (QED) is 0.283. The number of fused-ring (bicyclic) bond motifs is 1. The van der Waals surface area contributed by atoms with Crippen molar-refractivity contribution in [1.29, 1.82) is 0 Å². The van der Waals surface area contributed by atoms with Gasteiger partial charge in [-0.1, -0.05) is 48.5 Å². The second-order valence-electron chi connectivity index (χ2n) is 8.25. The summed E-state index contributed by atoms with van der Waals surface area (Å²) in [5.74, 6) is 0.0903. The summed E-state index contributed by atoms with van der Waals surface area (Å²) in [5.41, 5.74) is 1.04. The van der Waals surface area contributed by atoms with Crippen molar-refractivity contribution in [3.63, 3.8) is 0 Å². The monoisotopic (exact) mass is 518 g/mol. The van der Waals surface area contributed by atoms with Gasteiger partial charge in [0.25, 0.3) is 5.91 Å². The third kappa shape index (κ3) is 4.63. The Bertz CT molecular complexity index is 1630. The molecular formula is C28H21F3N4O3. The third-order valence-corrected chi connectivity index (χ3v) is 5.95. The van der Waals surface area contributed by atoms with Crippen molar-refractivity contribution in [2.45, 2.75) is 6.18 Å². The molecule has 0 radical (unpaired) electrons. The van der Waals surface area contributed by atoms with Gasteiger partial charge in [-0.3, -0.25) is 4.79 Å². The van der Waals surface area contributed by atoms with Gasteiger partial charge in [-0.05, 0) is 35.9 Å². The van der Waals surface area contributed by atoms with Crippen LogP contribution >= 0.6 is 0 Å². The van der Waals surface area contributed by atoms with E-state index in [1.165, 1.54) is 20.3 Å². The number of aromatic nitrogens is 3. The number of rotatable bonds is 6. The number of hydrogen-bond acceptors (Lipinski definition) is 5. The van der Waals surface area contributed by atoms with Crippen LogP contribution in [0, 0.1) is 0 Å². The fourth-order valence-corrected chi connectivity index (χ4v) is 4.12. The smallest absolute Gasteiger partial charge is 0.433 e. The number of amides is 1. The van der Waals surface area contributed by atoms with Crippen molar-refractivity contribution in [2.75, 3.05) is 19.5 Å². The first kappa shape index (κ1) is 24.8. The predicted molar refractivity (Wildman–Crippen MR) is 136 cm³/mol. The van der Waals surface area contributed by atoms with E-state index in [0.29, 0.717) is 27.3 Å². The molecule has 0 aliphatic rings. The van der Waals surface area contributed by atoms with E-state index >= 15 is 0 Å². The Labute approximate surface area is 215 Å². The average Bonchev–Trinajstić information content (AvgIpc) is 3.36. The fourth-order valence-electron chi connectivity index (χ4n) is 4.12. The van der Waals surface area contributed by atoms with Gasteiger partial charge in [-0.2, -0.15) is 18.3 Å². The lowest BCUT2D eigenvalue weighted by molar-refractivity contribution is -0.142. The van der Waals surface area contributed by atoms with Crippen molar-refractivity contribution in [3.8, 4) is 33.9 Å². The van der Waals surface area contributed by atoms with Crippen LogP contribution in [0.5, 0.6) is 11.5 Å². The Morgan fingerprint density at radius 3 is 2.29 bits per heavy atom. The second kappa shape index (κ2) is 9.89. The topological polar surface area (TPSA) is 77.8 Å². The number of anilines is 1. The van der Waals surface area contributed by atoms with E-state index in [2.05, 4.69) is 15.4 Å². The largest absolute Gasteiger partial charge is 0.493 e. The van der Waals surface area contributed by atoms with Crippen molar-refractivity contribution in [1.82, 2.24) is 14.6 Å². The van der Waals surface area contributed by atoms with Crippen molar-refractivity contribution < 1.29 is 27.4 Å². The predicted octanol–water partition coefficient (Wildman–Crippen LogP) is 6.35. The number of para-hydroxylation sites is 1. The van der Waals surface area contributed by atoms with Gasteiger partial charge in [0.1, 0.15) is 5.56 Å². The molecule has 2 aromatic heterocycles. The van der Waals surface area contributed by atoms with Gasteiger partial charge < -0.3 is 14.8 Å². The zero-order valence-corrected chi connectivity index (χ0v) is 20.3. The summed E-state index contributed by atoms with van der Waals surface area (Å²) in [6, 6.07) is 22.1. The van der Waals surface area contributed by atoms with E-state index in [4.69, 9.17) is 9.47 Å². The van der Waals surface area contributed by atoms with Gasteiger partial charge in [0.05, 0.1) is 26.1 Å². The number of alkyl halides is 3. The molecule has 0 fully saturated rings. The van der Waals surface area contributed by atoms with E-state index in [1.807, 2.05) is 42.5 Å². The van der Waals surface area contributed by atoms with Crippen LogP contribution in [0.4, 0.5) is 18.9 Å². The number of hydrogen-bond donors (Lipinski definition) is 1. The number of benzene rings is 3. The Kier molecular flexibility index (Phi) is 6.46. The number of nitrogens with zero attached hydrogens (tertiary/aromatic N) is 3. The Hall–Kier alpha value is -4.86. The van der Waals surface area contributed by atoms with Gasteiger partial charge in [0.15, 0.2) is 22.8 Å². The lowest BCUT2D eigenvalue weighted by atomic mass is 10.0. The van der Waals surface area contributed by atoms with E-state index in [9.17, 15) is 18.0 Å². The molecule has 0 aliphatic heterocycles. The number of nitrogens with one attached hydrogen (secondary N) is 1. The van der Waals surface area contributed by atoms with Crippen molar-refractivity contribution in [3.05, 3.63) is 96.3 Å². The maximum atomic E-state index is 14.0. The summed E-state index contributed by atoms with van der Waals surface area (Å²) >= 11 is 0. The molecule has 0 atom stereocenters. The van der Waals surface area contributed by atoms with Crippen LogP contribution in [0.3, 0.4) is 0 Å². The molecule has 7 nitrogen and oxygen atoms in total. The fraction of sp³-hybridized carbons (Fsp3) is 0.107. The third-order valence-electron chi connectivity index (χ3n) is 5.95. The van der Waals surface area contributed by atoms with Crippen molar-refractivity contribution in [2.24, 2.45) is 0 Å². The summed E-state index contributed by atoms with van der Waals surface area (Å²) in [6.45, 7) is 0. The number of halogens is 3. The van der Waals surface area contributed by atoms with Crippen LogP contribution in [0.1, 0.15) is 16.1 Å². The van der Waals surface area contributed by atoms with E-state index in [0.717, 1.165) is 23.4 Å². The van der Waals surface area contributed by atoms with E-state index in [1.54, 1.807) is 24.3 Å². The number of carbonyl (C=O) groups excluding carboxylic acids is 1. The second-order valence-corrected chi connectivity index (χ2v) is 8.25. The average molecular weight is 518 g/mol. The number of methoxy groups -OCH3 is 2. The normalized spacial score (nSPS) is 11.4. The van der Waals surface area contributed by atoms with Crippen LogP contribution in [0.15, 0.2) is 85.1 Å². The van der Waals surface area contributed by atoms with Crippen LogP contribution in [0.2, 0.25) is 0 Å². The first-order valence-corrected chi connectivity index (χ1v) is 11.4. The highest BCUT2D eigenvalue weighted by Gasteiger charge is 2.36. The first-order chi connectivity index (χ1) is 18.3. The highest BCUT2D eigenvalue weighted by Crippen LogP contribution is 2.36. The molecule has 5 aromatic rings. The highest BCUT2D eigenvalue weighted by atomic mass is 19.4. The molecule has 2 heterocycles. The standard InChI is InChI=1S/C28H21F3N4O3/c1-37-23-13-12-18(14-24(23)38-2)22-15-25(28(29,30)31)35-26(33-22)20(16-32-35)27(36)34-21-11-7-6-10-19(21)17-8-4-3-5-9-17/h3-16H,1-2H3,(H,34,36). The Morgan fingerprint density at radius 2 is 1.58 bits per heavy atom. The van der Waals surface area contributed by atoms with E-state index in [-0.39, 0.29) is 16.9 Å². The summed E-state index contributed by atoms with van der Waals surface area (Å²) in [4.78, 5) is 17.7. The molecular weight excluding hydrogens is 497 g/mol. The first-order valence-electron chi connectivity index (χ1n) is 11.4. The molecule has 38 heavy (non-hydrogen) atoms. The zero-order chi connectivity index (χ0) is 26.9. The molecule has 0 bridgehead atoms. The van der Waals surface area contributed by atoms with Crippen LogP contribution < -0.4 is 14.8 Å². The summed E-state index contributed by atoms with van der Waals surface area (Å²) in [7, 11) is 2.88. The summed E-state index contributed by atoms with van der Waals surface area (Å²) < 4.78 is 53.3. The van der Waals surface area contributed by atoms with Crippen LogP contribution in [-0.4, -0.2) is 34.7 Å². The number of ether oxygens (including phenoxy) is 2. The van der Waals surface area contributed by atoms with Gasteiger partial charge in [0.2, 0.25) is 0 Å². The molecule has 5 rings (SSSR count). The minimum atomic E-state index is -4.76. The minimum absolute atomic E-state index is 0.00925. The molecule has 0 unspecified atom stereocenters. The Balaban J connectivity index is 1.61. The SMILES string of the molecule is COc1ccc(-c2cc(C(F)(F)F)n3ncc(C(=O)Nc4ccccc4-c4ccccc4)c3n2)cc1OC. The van der Waals surface area contributed by atoms with Gasteiger partial charge in [-0.15, -0.1) is 0 Å². The van der Waals surface area contributed by atoms with Gasteiger partial charge in [-0.25, -0.2) is 9.50 Å². The van der Waals surface area contributed by atoms with E-state index < -0.39 is 17.8 Å². The molecule has 0 saturated carbocycles. The lowest BCUT2D eigenvalue weighted by Crippen LogP contribution is -2.16. The minimum Gasteiger partial charge on any atom is -0.493 e. The number of carbonyl (C=O) groups is 1. The van der Waals surface area contributed by atoms with Crippen LogP contribution in [-0.2, 0) is 6.18 Å². The maximum absolute atomic E-state index is 14.0. The molecule has 192 valence electrons. The van der Waals surface area contributed by atoms with Crippen molar-refractivity contribution >= 4 is 17.2 Å². The summed E-state index contributed by atoms with van der Waals surface area (Å²) in [6.07, 6.45) is -3.68. The zero-order valence-electron chi connectivity index (χ0n) is 20.3. The molecule has 0 saturated heterocycles. The van der Waals surface area contributed by atoms with Crippen LogP contribution in [0.25, 0.3) is 28.0 Å². The molecule has 0 spiro atoms. The molecule has 10 heteroatoms.